The third-order valence-corrected chi connectivity index (χ3v) is 5.38. The summed E-state index contributed by atoms with van der Waals surface area (Å²) >= 11 is 0. The molecule has 1 N–H and O–H groups in total. The molecule has 0 saturated heterocycles. The molecule has 0 aliphatic carbocycles. The molecule has 9 nitrogen and oxygen atoms in total. The van der Waals surface area contributed by atoms with Gasteiger partial charge in [-0.25, -0.2) is 19.9 Å². The average Bonchev–Trinajstić information content (AvgIpc) is 3.33. The van der Waals surface area contributed by atoms with Crippen LogP contribution in [0.15, 0.2) is 67.4 Å². The van der Waals surface area contributed by atoms with Crippen molar-refractivity contribution in [1.82, 2.24) is 28.9 Å². The number of ether oxygens (including phenoxy) is 1. The van der Waals surface area contributed by atoms with E-state index >= 15 is 0 Å². The smallest absolute Gasteiger partial charge is 0.274 e. The molecule has 4 aromatic heterocycles. The zero-order valence-electron chi connectivity index (χ0n) is 18.4. The normalized spacial score (nSPS) is 11.0. The summed E-state index contributed by atoms with van der Waals surface area (Å²) in [4.78, 5) is 30.1. The Balaban J connectivity index is 1.31. The van der Waals surface area contributed by atoms with Gasteiger partial charge < -0.3 is 10.1 Å². The summed E-state index contributed by atoms with van der Waals surface area (Å²) in [5.41, 5.74) is 4.49. The number of rotatable bonds is 5. The second-order valence-corrected chi connectivity index (χ2v) is 7.56. The maximum absolute atomic E-state index is 12.9. The molecule has 0 aliphatic rings. The lowest BCUT2D eigenvalue weighted by atomic mass is 10.2. The third kappa shape index (κ3) is 3.91. The van der Waals surface area contributed by atoms with Crippen molar-refractivity contribution in [3.05, 3.63) is 90.2 Å². The Hall–Kier alpha value is -4.53. The predicted molar refractivity (Wildman–Crippen MR) is 123 cm³/mol. The number of hydrogen-bond donors (Lipinski definition) is 1. The van der Waals surface area contributed by atoms with Gasteiger partial charge in [0.25, 0.3) is 5.91 Å². The molecule has 33 heavy (non-hydrogen) atoms. The Labute approximate surface area is 189 Å². The average molecular weight is 439 g/mol. The summed E-state index contributed by atoms with van der Waals surface area (Å²) in [6.45, 7) is 5.75. The molecule has 1 aromatic carbocycles. The Bertz CT molecular complexity index is 1470. The summed E-state index contributed by atoms with van der Waals surface area (Å²) < 4.78 is 9.54. The lowest BCUT2D eigenvalue weighted by Crippen LogP contribution is -2.15. The van der Waals surface area contributed by atoms with E-state index in [0.717, 1.165) is 17.0 Å². The van der Waals surface area contributed by atoms with Gasteiger partial charge in [-0.05, 0) is 57.2 Å². The third-order valence-electron chi connectivity index (χ3n) is 5.38. The first kappa shape index (κ1) is 20.4. The number of nitrogens with one attached hydrogen (secondary N) is 1. The van der Waals surface area contributed by atoms with E-state index in [0.29, 0.717) is 34.5 Å². The molecule has 0 atom stereocenters. The van der Waals surface area contributed by atoms with Crippen LogP contribution in [-0.2, 0) is 0 Å². The molecule has 1 amide bonds. The summed E-state index contributed by atoms with van der Waals surface area (Å²) in [5.74, 6) is 1.43. The number of benzene rings is 1. The molecule has 0 radical (unpaired) electrons. The molecular formula is C24H21N7O2. The molecule has 9 heteroatoms. The lowest BCUT2D eigenvalue weighted by Gasteiger charge is -2.09. The van der Waals surface area contributed by atoms with E-state index in [1.54, 1.807) is 41.1 Å². The number of aryl methyl sites for hydroxylation is 2. The highest BCUT2D eigenvalue weighted by molar-refractivity contribution is 6.04. The topological polar surface area (TPSA) is 99.2 Å². The van der Waals surface area contributed by atoms with Gasteiger partial charge >= 0.3 is 0 Å². The van der Waals surface area contributed by atoms with Crippen molar-refractivity contribution in [2.24, 2.45) is 0 Å². The highest BCUT2D eigenvalue weighted by Crippen LogP contribution is 2.23. The molecule has 0 fully saturated rings. The van der Waals surface area contributed by atoms with Gasteiger partial charge in [-0.2, -0.15) is 0 Å². The minimum atomic E-state index is -0.230. The molecule has 0 bridgehead atoms. The van der Waals surface area contributed by atoms with Crippen LogP contribution in [0, 0.1) is 20.8 Å². The maximum Gasteiger partial charge on any atom is 0.274 e. The Morgan fingerprint density at radius 2 is 1.79 bits per heavy atom. The predicted octanol–water partition coefficient (Wildman–Crippen LogP) is 4.28. The summed E-state index contributed by atoms with van der Waals surface area (Å²) in [5, 5.41) is 2.92. The number of amides is 1. The summed E-state index contributed by atoms with van der Waals surface area (Å²) in [6.07, 6.45) is 5.00. The fourth-order valence-corrected chi connectivity index (χ4v) is 3.55. The second-order valence-electron chi connectivity index (χ2n) is 7.56. The first-order chi connectivity index (χ1) is 16.0. The quantitative estimate of drug-likeness (QED) is 0.439. The van der Waals surface area contributed by atoms with E-state index in [2.05, 4.69) is 25.3 Å². The number of nitrogens with zero attached hydrogens (tertiary/aromatic N) is 6. The minimum Gasteiger partial charge on any atom is -0.439 e. The largest absolute Gasteiger partial charge is 0.439 e. The number of fused-ring (bicyclic) bond motifs is 1. The van der Waals surface area contributed by atoms with Crippen LogP contribution in [0.2, 0.25) is 0 Å². The number of hydrogen-bond acceptors (Lipinski definition) is 6. The van der Waals surface area contributed by atoms with E-state index in [-0.39, 0.29) is 5.91 Å². The maximum atomic E-state index is 12.9. The van der Waals surface area contributed by atoms with Gasteiger partial charge in [-0.3, -0.25) is 13.8 Å². The monoisotopic (exact) mass is 439 g/mol. The number of pyridine rings is 1. The number of carbonyl (C=O) groups excluding carboxylic acids is 1. The molecule has 5 aromatic rings. The number of anilines is 1. The SMILES string of the molecule is Cc1ncn(-c2cc(Oc3ccc(NC(=O)c4c(C)nc5ccccn45)cc3)ncn2)c1C. The van der Waals surface area contributed by atoms with Crippen LogP contribution in [0.5, 0.6) is 11.6 Å². The number of aromatic nitrogens is 6. The van der Waals surface area contributed by atoms with Crippen molar-refractivity contribution >= 4 is 17.2 Å². The zero-order valence-corrected chi connectivity index (χ0v) is 18.4. The van der Waals surface area contributed by atoms with Crippen LogP contribution in [0.3, 0.4) is 0 Å². The number of imidazole rings is 2. The fraction of sp³-hybridized carbons (Fsp3) is 0.125. The van der Waals surface area contributed by atoms with Crippen LogP contribution in [0.1, 0.15) is 27.6 Å². The Morgan fingerprint density at radius 3 is 2.55 bits per heavy atom. The van der Waals surface area contributed by atoms with Crippen molar-refractivity contribution in [3.8, 4) is 17.4 Å². The Kier molecular flexibility index (Phi) is 5.06. The van der Waals surface area contributed by atoms with Gasteiger partial charge in [-0.15, -0.1) is 0 Å². The molecule has 0 saturated carbocycles. The van der Waals surface area contributed by atoms with Crippen LogP contribution >= 0.6 is 0 Å². The van der Waals surface area contributed by atoms with Gasteiger partial charge in [0.15, 0.2) is 0 Å². The van der Waals surface area contributed by atoms with E-state index in [1.807, 2.05) is 49.7 Å². The van der Waals surface area contributed by atoms with Gasteiger partial charge in [0.05, 0.1) is 11.4 Å². The van der Waals surface area contributed by atoms with Crippen molar-refractivity contribution in [1.29, 1.82) is 0 Å². The van der Waals surface area contributed by atoms with Crippen molar-refractivity contribution in [3.63, 3.8) is 0 Å². The molecule has 0 unspecified atom stereocenters. The van der Waals surface area contributed by atoms with Crippen LogP contribution < -0.4 is 10.1 Å². The van der Waals surface area contributed by atoms with Crippen molar-refractivity contribution in [2.45, 2.75) is 20.8 Å². The molecule has 164 valence electrons. The number of carbonyl (C=O) groups is 1. The molecule has 4 heterocycles. The Morgan fingerprint density at radius 1 is 0.970 bits per heavy atom. The molecular weight excluding hydrogens is 418 g/mol. The first-order valence-corrected chi connectivity index (χ1v) is 10.4. The van der Waals surface area contributed by atoms with Crippen LogP contribution in [0.4, 0.5) is 5.69 Å². The van der Waals surface area contributed by atoms with Gasteiger partial charge in [0.2, 0.25) is 5.88 Å². The lowest BCUT2D eigenvalue weighted by molar-refractivity contribution is 0.102. The molecule has 0 spiro atoms. The summed E-state index contributed by atoms with van der Waals surface area (Å²) in [7, 11) is 0. The van der Waals surface area contributed by atoms with Gasteiger partial charge in [0.1, 0.15) is 35.6 Å². The fourth-order valence-electron chi connectivity index (χ4n) is 3.55. The minimum absolute atomic E-state index is 0.230. The van der Waals surface area contributed by atoms with Crippen molar-refractivity contribution in [2.75, 3.05) is 5.32 Å². The van der Waals surface area contributed by atoms with Crippen LogP contribution in [-0.4, -0.2) is 34.8 Å². The van der Waals surface area contributed by atoms with E-state index < -0.39 is 0 Å². The highest BCUT2D eigenvalue weighted by atomic mass is 16.5. The van der Waals surface area contributed by atoms with Crippen molar-refractivity contribution < 1.29 is 9.53 Å². The molecule has 0 aliphatic heterocycles. The van der Waals surface area contributed by atoms with E-state index in [9.17, 15) is 4.79 Å². The van der Waals surface area contributed by atoms with Gasteiger partial charge in [-0.1, -0.05) is 6.07 Å². The van der Waals surface area contributed by atoms with Crippen LogP contribution in [0.25, 0.3) is 11.5 Å². The highest BCUT2D eigenvalue weighted by Gasteiger charge is 2.16. The zero-order chi connectivity index (χ0) is 22.9. The standard InChI is InChI=1S/C24H21N7O2/c1-15-17(3)31(14-27-15)21-12-22(26-13-25-21)33-19-9-7-18(8-10-19)29-24(32)23-16(2)28-20-6-4-5-11-30(20)23/h4-14H,1-3H3,(H,29,32). The van der Waals surface area contributed by atoms with Gasteiger partial charge in [0, 0.05) is 23.6 Å². The first-order valence-electron chi connectivity index (χ1n) is 10.4. The molecule has 5 rings (SSSR count). The summed E-state index contributed by atoms with van der Waals surface area (Å²) in [6, 6.07) is 14.5. The van der Waals surface area contributed by atoms with E-state index in [1.165, 1.54) is 6.33 Å². The second kappa shape index (κ2) is 8.19. The van der Waals surface area contributed by atoms with E-state index in [4.69, 9.17) is 4.74 Å².